The maximum Gasteiger partial charge on any atom is 0.164 e. The van der Waals surface area contributed by atoms with E-state index in [2.05, 4.69) is 216 Å². The van der Waals surface area contributed by atoms with Gasteiger partial charge in [-0.1, -0.05) is 182 Å². The van der Waals surface area contributed by atoms with Gasteiger partial charge in [0.2, 0.25) is 0 Å². The van der Waals surface area contributed by atoms with Gasteiger partial charge < -0.3 is 18.3 Å². The van der Waals surface area contributed by atoms with Gasteiger partial charge in [-0.3, -0.25) is 0 Å². The first-order valence-corrected chi connectivity index (χ1v) is 25.9. The van der Waals surface area contributed by atoms with Gasteiger partial charge in [0, 0.05) is 77.1 Å². The molecule has 4 aromatic heterocycles. The van der Waals surface area contributed by atoms with Gasteiger partial charge in [-0.2, -0.15) is 0 Å². The summed E-state index contributed by atoms with van der Waals surface area (Å²) in [4.78, 5) is 18.3. The Hall–Kier alpha value is -10.1. The molecule has 16 rings (SSSR count). The highest BCUT2D eigenvalue weighted by Crippen LogP contribution is 2.53. The maximum absolute atomic E-state index is 7.13. The van der Waals surface area contributed by atoms with E-state index in [1.165, 1.54) is 33.3 Å². The summed E-state index contributed by atoms with van der Waals surface area (Å²) in [7, 11) is 0. The lowest BCUT2D eigenvalue weighted by molar-refractivity contribution is 0.669. The van der Waals surface area contributed by atoms with Crippen LogP contribution in [0.1, 0.15) is 12.0 Å². The van der Waals surface area contributed by atoms with Crippen molar-refractivity contribution in [3.63, 3.8) is 0 Å². The number of rotatable bonds is 7. The highest BCUT2D eigenvalue weighted by Gasteiger charge is 2.37. The molecule has 0 spiro atoms. The van der Waals surface area contributed by atoms with Crippen molar-refractivity contribution in [2.45, 2.75) is 12.5 Å². The van der Waals surface area contributed by atoms with Crippen molar-refractivity contribution in [1.82, 2.24) is 19.5 Å². The minimum absolute atomic E-state index is 0.179. The lowest BCUT2D eigenvalue weighted by atomic mass is 9.91. The summed E-state index contributed by atoms with van der Waals surface area (Å²) in [5.74, 6) is 1.72. The molecule has 1 unspecified atom stereocenters. The largest absolute Gasteiger partial charge is 0.455 e. The first kappa shape index (κ1) is 42.4. The van der Waals surface area contributed by atoms with Gasteiger partial charge >= 0.3 is 0 Å². The molecule has 356 valence electrons. The van der Waals surface area contributed by atoms with E-state index in [1.807, 2.05) is 36.4 Å². The molecule has 0 radical (unpaired) electrons. The zero-order valence-electron chi connectivity index (χ0n) is 40.9. The van der Waals surface area contributed by atoms with E-state index in [-0.39, 0.29) is 6.04 Å². The molecule has 76 heavy (non-hydrogen) atoms. The van der Waals surface area contributed by atoms with Crippen LogP contribution in [0.25, 0.3) is 133 Å². The van der Waals surface area contributed by atoms with Crippen LogP contribution >= 0.6 is 0 Å². The molecule has 0 fully saturated rings. The van der Waals surface area contributed by atoms with Crippen molar-refractivity contribution >= 4 is 82.6 Å². The van der Waals surface area contributed by atoms with Crippen molar-refractivity contribution in [2.75, 3.05) is 4.90 Å². The van der Waals surface area contributed by atoms with Gasteiger partial charge in [-0.15, -0.1) is 0 Å². The van der Waals surface area contributed by atoms with E-state index >= 15 is 0 Å². The van der Waals surface area contributed by atoms with Crippen LogP contribution in [-0.2, 0) is 0 Å². The molecule has 0 N–H and O–H groups in total. The van der Waals surface area contributed by atoms with Gasteiger partial charge in [0.25, 0.3) is 0 Å². The molecular formula is C69H43N5O2. The average Bonchev–Trinajstić information content (AvgIpc) is 4.39. The zero-order chi connectivity index (χ0) is 49.8. The topological polar surface area (TPSA) is 73.1 Å². The molecule has 5 heterocycles. The Kier molecular flexibility index (Phi) is 9.32. The van der Waals surface area contributed by atoms with Crippen molar-refractivity contribution in [3.8, 4) is 62.1 Å². The Bertz CT molecular complexity index is 4670. The van der Waals surface area contributed by atoms with Crippen LogP contribution in [0.3, 0.4) is 0 Å². The van der Waals surface area contributed by atoms with Gasteiger partial charge in [0.05, 0.1) is 22.8 Å². The molecule has 0 saturated heterocycles. The number of anilines is 2. The second-order valence-corrected chi connectivity index (χ2v) is 19.7. The predicted molar refractivity (Wildman–Crippen MR) is 310 cm³/mol. The van der Waals surface area contributed by atoms with Crippen molar-refractivity contribution < 1.29 is 8.83 Å². The summed E-state index contributed by atoms with van der Waals surface area (Å²) >= 11 is 0. The molecule has 0 amide bonds. The Morgan fingerprint density at radius 1 is 0.408 bits per heavy atom. The quantitative estimate of drug-likeness (QED) is 0.158. The van der Waals surface area contributed by atoms with E-state index in [4.69, 9.17) is 23.8 Å². The zero-order valence-corrected chi connectivity index (χ0v) is 40.9. The van der Waals surface area contributed by atoms with Crippen LogP contribution in [0.15, 0.2) is 252 Å². The average molecular weight is 974 g/mol. The Labute approximate surface area is 436 Å². The van der Waals surface area contributed by atoms with Crippen LogP contribution in [0.5, 0.6) is 0 Å². The summed E-state index contributed by atoms with van der Waals surface area (Å²) in [5.41, 5.74) is 18.0. The Balaban J connectivity index is 0.942. The van der Waals surface area contributed by atoms with E-state index in [9.17, 15) is 0 Å². The minimum Gasteiger partial charge on any atom is -0.455 e. The van der Waals surface area contributed by atoms with Gasteiger partial charge in [0.15, 0.2) is 17.5 Å². The number of aromatic nitrogens is 4. The summed E-state index contributed by atoms with van der Waals surface area (Å²) in [5, 5.41) is 6.66. The van der Waals surface area contributed by atoms with E-state index in [0.29, 0.717) is 17.5 Å². The number of allylic oxidation sites excluding steroid dienone is 2. The third-order valence-corrected chi connectivity index (χ3v) is 15.5. The summed E-state index contributed by atoms with van der Waals surface area (Å²) in [6.07, 6.45) is 7.68. The molecule has 0 bridgehead atoms. The molecule has 2 aliphatic rings. The molecule has 1 aliphatic carbocycles. The monoisotopic (exact) mass is 973 g/mol. The lowest BCUT2D eigenvalue weighted by Crippen LogP contribution is -2.26. The van der Waals surface area contributed by atoms with Crippen molar-refractivity contribution in [3.05, 3.63) is 248 Å². The van der Waals surface area contributed by atoms with Crippen LogP contribution in [0, 0.1) is 0 Å². The van der Waals surface area contributed by atoms with Crippen LogP contribution in [0.4, 0.5) is 11.4 Å². The van der Waals surface area contributed by atoms with Crippen molar-refractivity contribution in [1.29, 1.82) is 0 Å². The SMILES string of the molecule is C1=CCC2C(=C1)c1c(ccc3oc4c(-c5ccc(-c6cccc7c6oc6ccc8c(c9ccccc9n8-c8ccccc8)c67)cc5-c5nc(-c6ccccc6)nc(-c6ccccc6)n5)cccc4c13)N2c1ccccc1. The first-order valence-electron chi connectivity index (χ1n) is 25.9. The van der Waals surface area contributed by atoms with Crippen LogP contribution in [0.2, 0.25) is 0 Å². The summed E-state index contributed by atoms with van der Waals surface area (Å²) < 4.78 is 16.5. The number of furan rings is 2. The number of benzene rings is 10. The first-order chi connectivity index (χ1) is 37.7. The summed E-state index contributed by atoms with van der Waals surface area (Å²) in [6.45, 7) is 0. The summed E-state index contributed by atoms with van der Waals surface area (Å²) in [6, 6.07) is 78.9. The van der Waals surface area contributed by atoms with Crippen molar-refractivity contribution in [2.24, 2.45) is 0 Å². The van der Waals surface area contributed by atoms with E-state index < -0.39 is 0 Å². The minimum atomic E-state index is 0.179. The van der Waals surface area contributed by atoms with Crippen LogP contribution < -0.4 is 4.90 Å². The molecule has 1 aliphatic heterocycles. The molecule has 7 heteroatoms. The Morgan fingerprint density at radius 2 is 1.00 bits per heavy atom. The molecule has 7 nitrogen and oxygen atoms in total. The number of para-hydroxylation sites is 5. The standard InChI is InChI=1S/C69H43N5O2/c1-5-19-42(20-6-1)67-70-68(43-21-7-2-8-22-43)72-69(71-67)54-41-44(47-29-17-31-52-63-59(75-65(47)52)39-37-57-61(63)50-27-13-15-33-55(50)73(57)45-23-9-3-10-24-45)35-36-48(54)49-30-18-32-53-64-60(76-66(49)53)40-38-58-62(64)51-28-14-16-34-56(51)74(58)46-25-11-4-12-26-46/h1-33,35-41,56H,34H2. The second kappa shape index (κ2) is 16.7. The van der Waals surface area contributed by atoms with E-state index in [1.54, 1.807) is 0 Å². The molecule has 0 saturated carbocycles. The second-order valence-electron chi connectivity index (χ2n) is 19.7. The third-order valence-electron chi connectivity index (χ3n) is 15.5. The normalized spacial score (nSPS) is 14.1. The number of nitrogens with zero attached hydrogens (tertiary/aromatic N) is 5. The third kappa shape index (κ3) is 6.39. The number of fused-ring (bicyclic) bond motifs is 14. The predicted octanol–water partition coefficient (Wildman–Crippen LogP) is 18.0. The number of hydrogen-bond acceptors (Lipinski definition) is 6. The fraction of sp³-hybridized carbons (Fsp3) is 0.0290. The van der Waals surface area contributed by atoms with Gasteiger partial charge in [-0.25, -0.2) is 15.0 Å². The fourth-order valence-corrected chi connectivity index (χ4v) is 12.3. The molecule has 1 atom stereocenters. The van der Waals surface area contributed by atoms with Gasteiger partial charge in [0.1, 0.15) is 22.3 Å². The maximum atomic E-state index is 7.13. The number of hydrogen-bond donors (Lipinski definition) is 0. The fourth-order valence-electron chi connectivity index (χ4n) is 12.3. The Morgan fingerprint density at radius 3 is 1.74 bits per heavy atom. The van der Waals surface area contributed by atoms with E-state index in [0.717, 1.165) is 106 Å². The molecule has 10 aromatic carbocycles. The highest BCUT2D eigenvalue weighted by molar-refractivity contribution is 6.28. The van der Waals surface area contributed by atoms with Gasteiger partial charge in [-0.05, 0) is 83.8 Å². The van der Waals surface area contributed by atoms with Crippen LogP contribution in [-0.4, -0.2) is 25.6 Å². The highest BCUT2D eigenvalue weighted by atomic mass is 16.3. The molecular weight excluding hydrogens is 931 g/mol. The molecule has 14 aromatic rings. The smallest absolute Gasteiger partial charge is 0.164 e. The lowest BCUT2D eigenvalue weighted by Gasteiger charge is -2.28.